The molecule has 10 aromatic rings. The third-order valence-electron chi connectivity index (χ3n) is 18.1. The number of aryl methyl sites for hydroxylation is 8. The van der Waals surface area contributed by atoms with Gasteiger partial charge < -0.3 is 24.0 Å². The lowest BCUT2D eigenvalue weighted by Crippen LogP contribution is -2.31. The molecular weight excluding hydrogens is 1080 g/mol. The molecule has 0 spiro atoms. The SMILES string of the molecule is COc1ccc(C2(c3ccc(OC(=O)Oc4ccc(C(C)(C)c5ccc(C(C)=O)cc5)cc4)c(CCc4ccc(N(c5ccc(C)cc5)c5ccc(C)cc5)cc4)c3)CCCCC2)cc1CCc1ccc(N(c2ccc(C)cc2)c2ccc(C)cc2)cc1. The predicted octanol–water partition coefficient (Wildman–Crippen LogP) is 20.8. The molecule has 0 heterocycles. The third kappa shape index (κ3) is 13.7. The first-order valence-electron chi connectivity index (χ1n) is 31.1. The fraction of sp³-hybridized carbons (Fsp3) is 0.235. The van der Waals surface area contributed by atoms with Crippen LogP contribution in [0.1, 0.15) is 130 Å². The Bertz CT molecular complexity index is 3900. The molecule has 444 valence electrons. The molecule has 1 aliphatic rings. The summed E-state index contributed by atoms with van der Waals surface area (Å²) in [5.74, 6) is 1.80. The van der Waals surface area contributed by atoms with Gasteiger partial charge in [0.25, 0.3) is 0 Å². The second-order valence-corrected chi connectivity index (χ2v) is 24.6. The number of ketones is 1. The lowest BCUT2D eigenvalue weighted by molar-refractivity contribution is 0.101. The maximum absolute atomic E-state index is 14.0. The molecule has 7 nitrogen and oxygen atoms in total. The first-order valence-corrected chi connectivity index (χ1v) is 31.1. The molecule has 0 N–H and O–H groups in total. The number of anilines is 6. The van der Waals surface area contributed by atoms with Crippen molar-refractivity contribution in [2.45, 2.75) is 117 Å². The summed E-state index contributed by atoms with van der Waals surface area (Å²) < 4.78 is 18.3. The van der Waals surface area contributed by atoms with Crippen LogP contribution in [0.4, 0.5) is 38.9 Å². The summed E-state index contributed by atoms with van der Waals surface area (Å²) in [5.41, 5.74) is 20.7. The Morgan fingerprint density at radius 1 is 0.420 bits per heavy atom. The maximum atomic E-state index is 14.0. The summed E-state index contributed by atoms with van der Waals surface area (Å²) in [5, 5.41) is 0. The van der Waals surface area contributed by atoms with Gasteiger partial charge in [0.15, 0.2) is 5.78 Å². The third-order valence-corrected chi connectivity index (χ3v) is 18.1. The fourth-order valence-corrected chi connectivity index (χ4v) is 12.6. The second-order valence-electron chi connectivity index (χ2n) is 24.6. The molecule has 0 saturated heterocycles. The summed E-state index contributed by atoms with van der Waals surface area (Å²) in [6.07, 6.45) is 7.60. The van der Waals surface area contributed by atoms with Gasteiger partial charge in [0, 0.05) is 50.5 Å². The number of ether oxygens (including phenoxy) is 3. The number of carbonyl (C=O) groups excluding carboxylic acids is 2. The van der Waals surface area contributed by atoms with Crippen molar-refractivity contribution in [3.8, 4) is 17.2 Å². The molecule has 11 rings (SSSR count). The van der Waals surface area contributed by atoms with E-state index in [1.165, 1.54) is 56.5 Å². The highest BCUT2D eigenvalue weighted by molar-refractivity contribution is 5.94. The number of methoxy groups -OCH3 is 1. The topological polar surface area (TPSA) is 68.3 Å². The molecule has 0 unspecified atom stereocenters. The zero-order valence-electron chi connectivity index (χ0n) is 52.2. The standard InChI is InChI=1S/C81H80N2O5/c1-56-12-36-70(37-13-56)82(71-38-14-57(2)15-39-71)74-44-22-61(23-45-74)20-26-64-54-68(34-50-77(64)86-8)81(52-10-9-11-53-81)69-35-51-78(88-79(85)87-76-48-32-67(33-49-76)80(6,7)66-30-28-63(29-31-66)60(5)84)65(55-69)27-21-62-24-46-75(47-25-62)83(72-40-16-58(3)17-41-72)73-42-18-59(4)19-43-73/h12-19,22-25,28-51,54-55H,9-11,20-21,26-27,52-53H2,1-8H3. The molecule has 0 bridgehead atoms. The minimum atomic E-state index is -0.797. The van der Waals surface area contributed by atoms with Crippen LogP contribution in [0.25, 0.3) is 0 Å². The number of hydrogen-bond acceptors (Lipinski definition) is 7. The Hall–Kier alpha value is -9.46. The van der Waals surface area contributed by atoms with Crippen LogP contribution in [0.3, 0.4) is 0 Å². The summed E-state index contributed by atoms with van der Waals surface area (Å²) in [6.45, 7) is 14.3. The fourth-order valence-electron chi connectivity index (χ4n) is 12.6. The molecule has 10 aromatic carbocycles. The highest BCUT2D eigenvalue weighted by Crippen LogP contribution is 2.48. The number of nitrogens with zero attached hydrogens (tertiary/aromatic N) is 2. The van der Waals surface area contributed by atoms with E-state index in [-0.39, 0.29) is 16.6 Å². The Labute approximate surface area is 521 Å². The zero-order chi connectivity index (χ0) is 61.4. The summed E-state index contributed by atoms with van der Waals surface area (Å²) in [6, 6.07) is 81.3. The van der Waals surface area contributed by atoms with E-state index < -0.39 is 6.16 Å². The molecule has 0 aromatic heterocycles. The quantitative estimate of drug-likeness (QED) is 0.0428. The van der Waals surface area contributed by atoms with Crippen molar-refractivity contribution in [1.82, 2.24) is 0 Å². The van der Waals surface area contributed by atoms with E-state index in [2.05, 4.69) is 227 Å². The number of benzene rings is 10. The van der Waals surface area contributed by atoms with Crippen molar-refractivity contribution >= 4 is 46.1 Å². The Morgan fingerprint density at radius 2 is 0.784 bits per heavy atom. The smallest absolute Gasteiger partial charge is 0.496 e. The van der Waals surface area contributed by atoms with Crippen LogP contribution >= 0.6 is 0 Å². The Morgan fingerprint density at radius 3 is 1.17 bits per heavy atom. The number of hydrogen-bond donors (Lipinski definition) is 0. The predicted molar refractivity (Wildman–Crippen MR) is 361 cm³/mol. The number of rotatable bonds is 20. The van der Waals surface area contributed by atoms with Crippen LogP contribution in [-0.2, 0) is 36.5 Å². The van der Waals surface area contributed by atoms with E-state index in [0.717, 1.165) is 102 Å². The Kier molecular flexibility index (Phi) is 18.2. The Balaban J connectivity index is 0.874. The van der Waals surface area contributed by atoms with Crippen LogP contribution in [0.15, 0.2) is 231 Å². The molecule has 0 atom stereocenters. The molecule has 1 aliphatic carbocycles. The van der Waals surface area contributed by atoms with Gasteiger partial charge in [-0.15, -0.1) is 0 Å². The average molecular weight is 1160 g/mol. The molecule has 0 radical (unpaired) electrons. The van der Waals surface area contributed by atoms with E-state index in [9.17, 15) is 9.59 Å². The lowest BCUT2D eigenvalue weighted by atomic mass is 9.64. The maximum Gasteiger partial charge on any atom is 0.519 e. The first kappa shape index (κ1) is 60.2. The van der Waals surface area contributed by atoms with Crippen molar-refractivity contribution in [3.63, 3.8) is 0 Å². The summed E-state index contributed by atoms with van der Waals surface area (Å²) >= 11 is 0. The van der Waals surface area contributed by atoms with E-state index in [1.807, 2.05) is 54.6 Å². The van der Waals surface area contributed by atoms with E-state index in [0.29, 0.717) is 23.5 Å². The van der Waals surface area contributed by atoms with Gasteiger partial charge in [-0.3, -0.25) is 4.79 Å². The highest BCUT2D eigenvalue weighted by Gasteiger charge is 2.37. The van der Waals surface area contributed by atoms with Gasteiger partial charge in [-0.05, 0) is 215 Å². The van der Waals surface area contributed by atoms with Gasteiger partial charge in [0.05, 0.1) is 7.11 Å². The van der Waals surface area contributed by atoms with E-state index in [1.54, 1.807) is 14.0 Å². The van der Waals surface area contributed by atoms with Crippen LogP contribution in [0.5, 0.6) is 17.2 Å². The van der Waals surface area contributed by atoms with Crippen LogP contribution in [0, 0.1) is 27.7 Å². The van der Waals surface area contributed by atoms with Crippen molar-refractivity contribution < 1.29 is 23.8 Å². The van der Waals surface area contributed by atoms with E-state index >= 15 is 0 Å². The molecule has 1 fully saturated rings. The average Bonchev–Trinajstić information content (AvgIpc) is 1.07. The molecule has 88 heavy (non-hydrogen) atoms. The first-order chi connectivity index (χ1) is 42.6. The van der Waals surface area contributed by atoms with E-state index in [4.69, 9.17) is 14.2 Å². The highest BCUT2D eigenvalue weighted by atomic mass is 16.7. The van der Waals surface area contributed by atoms with Gasteiger partial charge in [-0.2, -0.15) is 0 Å². The van der Waals surface area contributed by atoms with Crippen molar-refractivity contribution in [2.75, 3.05) is 16.9 Å². The lowest BCUT2D eigenvalue weighted by Gasteiger charge is -2.39. The molecular formula is C81H80N2O5. The van der Waals surface area contributed by atoms with Gasteiger partial charge in [-0.1, -0.05) is 189 Å². The van der Waals surface area contributed by atoms with Gasteiger partial charge in [-0.25, -0.2) is 4.79 Å². The zero-order valence-corrected chi connectivity index (χ0v) is 52.2. The second kappa shape index (κ2) is 26.7. The minimum Gasteiger partial charge on any atom is -0.496 e. The van der Waals surface area contributed by atoms with Crippen molar-refractivity contribution in [1.29, 1.82) is 0 Å². The normalized spacial score (nSPS) is 12.9. The molecule has 1 saturated carbocycles. The molecule has 0 aliphatic heterocycles. The van der Waals surface area contributed by atoms with Crippen LogP contribution in [0.2, 0.25) is 0 Å². The number of Topliss-reactive ketones (excluding diaryl/α,β-unsaturated/α-hetero) is 1. The molecule has 7 heteroatoms. The van der Waals surface area contributed by atoms with Crippen LogP contribution in [-0.4, -0.2) is 19.0 Å². The molecule has 0 amide bonds. The van der Waals surface area contributed by atoms with Gasteiger partial charge in [0.2, 0.25) is 0 Å². The number of carbonyl (C=O) groups is 2. The van der Waals surface area contributed by atoms with Gasteiger partial charge >= 0.3 is 6.16 Å². The van der Waals surface area contributed by atoms with Gasteiger partial charge in [0.1, 0.15) is 17.2 Å². The monoisotopic (exact) mass is 1160 g/mol. The summed E-state index contributed by atoms with van der Waals surface area (Å²) in [4.78, 5) is 30.6. The summed E-state index contributed by atoms with van der Waals surface area (Å²) in [7, 11) is 1.77. The largest absolute Gasteiger partial charge is 0.519 e. The van der Waals surface area contributed by atoms with Crippen LogP contribution < -0.4 is 24.0 Å². The van der Waals surface area contributed by atoms with Crippen molar-refractivity contribution in [3.05, 3.63) is 303 Å². The minimum absolute atomic E-state index is 0.0353. The van der Waals surface area contributed by atoms with Crippen molar-refractivity contribution in [2.24, 2.45) is 0 Å².